The quantitative estimate of drug-likeness (QED) is 0.497. The standard InChI is InChI=1S/C14H16N4O2S2.K/c1-8-3-5-10(6-4-8)18(9(2)12(19)20)7-11-15-13(21)17-14(22)16-11;/h3-6,9H,7H2,1-2H3,(H,19,20)(H2,15,16,17,21,22);/q;+1/p-1. The van der Waals surface area contributed by atoms with Gasteiger partial charge in [0.25, 0.3) is 0 Å². The molecule has 0 radical (unpaired) electrons. The van der Waals surface area contributed by atoms with Gasteiger partial charge in [0, 0.05) is 5.69 Å². The van der Waals surface area contributed by atoms with Crippen molar-refractivity contribution in [2.24, 2.45) is 0 Å². The molecule has 1 unspecified atom stereocenters. The summed E-state index contributed by atoms with van der Waals surface area (Å²) in [7, 11) is 0. The normalized spacial score (nSPS) is 11.4. The zero-order valence-electron chi connectivity index (χ0n) is 13.1. The molecular formula is C14H15KN4O2S2. The molecule has 23 heavy (non-hydrogen) atoms. The Morgan fingerprint density at radius 3 is 2.43 bits per heavy atom. The van der Waals surface area contributed by atoms with E-state index in [9.17, 15) is 9.90 Å². The maximum absolute atomic E-state index is 11.3. The second-order valence-electron chi connectivity index (χ2n) is 4.90. The minimum absolute atomic E-state index is 0. The van der Waals surface area contributed by atoms with Crippen LogP contribution in [-0.2, 0) is 11.3 Å². The number of aryl methyl sites for hydroxylation is 1. The molecule has 0 bridgehead atoms. The number of carbonyl (C=O) groups is 1. The number of H-pyrrole nitrogens is 2. The smallest absolute Gasteiger partial charge is 0.548 e. The number of anilines is 1. The van der Waals surface area contributed by atoms with E-state index in [0.29, 0.717) is 10.6 Å². The molecule has 116 valence electrons. The topological polar surface area (TPSA) is 87.8 Å². The Bertz CT molecular complexity index is 760. The van der Waals surface area contributed by atoms with Crippen LogP contribution in [0.1, 0.15) is 18.3 Å². The van der Waals surface area contributed by atoms with Crippen molar-refractivity contribution < 1.29 is 61.3 Å². The fourth-order valence-corrected chi connectivity index (χ4v) is 2.48. The largest absolute Gasteiger partial charge is 1.00 e. The number of carboxylic acid groups (broad SMARTS) is 1. The second kappa shape index (κ2) is 9.16. The first kappa shape index (κ1) is 20.6. The summed E-state index contributed by atoms with van der Waals surface area (Å²) >= 11 is 10.0. The van der Waals surface area contributed by atoms with Gasteiger partial charge in [-0.2, -0.15) is 0 Å². The number of nitrogens with zero attached hydrogens (tertiary/aromatic N) is 2. The minimum Gasteiger partial charge on any atom is -0.548 e. The average Bonchev–Trinajstić information content (AvgIpc) is 2.44. The number of aromatic nitrogens is 3. The molecule has 2 aromatic rings. The third kappa shape index (κ3) is 5.86. The summed E-state index contributed by atoms with van der Waals surface area (Å²) in [6, 6.07) is 6.71. The van der Waals surface area contributed by atoms with Gasteiger partial charge in [0.05, 0.1) is 18.6 Å². The maximum Gasteiger partial charge on any atom is 1.00 e. The number of aromatic amines is 2. The van der Waals surface area contributed by atoms with E-state index in [4.69, 9.17) is 24.4 Å². The van der Waals surface area contributed by atoms with Crippen molar-refractivity contribution >= 4 is 36.1 Å². The first-order valence-corrected chi connectivity index (χ1v) is 7.42. The number of nitrogens with one attached hydrogen (secondary N) is 2. The van der Waals surface area contributed by atoms with Gasteiger partial charge in [-0.25, -0.2) is 4.98 Å². The number of hydrogen-bond acceptors (Lipinski definition) is 6. The van der Waals surface area contributed by atoms with Crippen LogP contribution in [0, 0.1) is 16.5 Å². The molecule has 0 fully saturated rings. The molecule has 1 atom stereocenters. The van der Waals surface area contributed by atoms with Gasteiger partial charge in [-0.3, -0.25) is 0 Å². The van der Waals surface area contributed by atoms with Crippen LogP contribution < -0.4 is 61.4 Å². The van der Waals surface area contributed by atoms with Crippen LogP contribution in [0.4, 0.5) is 5.69 Å². The zero-order valence-corrected chi connectivity index (χ0v) is 17.9. The minimum atomic E-state index is -1.17. The Morgan fingerprint density at radius 1 is 1.30 bits per heavy atom. The molecule has 6 nitrogen and oxygen atoms in total. The summed E-state index contributed by atoms with van der Waals surface area (Å²) in [6.45, 7) is 3.75. The van der Waals surface area contributed by atoms with E-state index in [2.05, 4.69) is 15.0 Å². The zero-order chi connectivity index (χ0) is 16.3. The summed E-state index contributed by atoms with van der Waals surface area (Å²) in [6.07, 6.45) is 0. The predicted molar refractivity (Wildman–Crippen MR) is 86.4 cm³/mol. The van der Waals surface area contributed by atoms with Crippen LogP contribution in [0.3, 0.4) is 0 Å². The van der Waals surface area contributed by atoms with Crippen molar-refractivity contribution in [3.8, 4) is 0 Å². The number of aliphatic carboxylic acids is 1. The van der Waals surface area contributed by atoms with Crippen LogP contribution in [0.25, 0.3) is 0 Å². The van der Waals surface area contributed by atoms with Gasteiger partial charge < -0.3 is 24.8 Å². The molecule has 9 heteroatoms. The molecule has 1 aromatic carbocycles. The average molecular weight is 375 g/mol. The predicted octanol–water partition coefficient (Wildman–Crippen LogP) is -1.35. The molecule has 0 aliphatic carbocycles. The van der Waals surface area contributed by atoms with E-state index in [1.165, 1.54) is 0 Å². The Morgan fingerprint density at radius 2 is 1.91 bits per heavy atom. The van der Waals surface area contributed by atoms with E-state index < -0.39 is 12.0 Å². The fourth-order valence-electron chi connectivity index (χ4n) is 1.99. The van der Waals surface area contributed by atoms with Crippen LogP contribution in [0.15, 0.2) is 24.3 Å². The number of benzene rings is 1. The van der Waals surface area contributed by atoms with Crippen molar-refractivity contribution in [1.29, 1.82) is 0 Å². The van der Waals surface area contributed by atoms with Crippen molar-refractivity contribution in [1.82, 2.24) is 15.0 Å². The van der Waals surface area contributed by atoms with Gasteiger partial charge in [-0.05, 0) is 50.4 Å². The Balaban J connectivity index is 0.00000264. The summed E-state index contributed by atoms with van der Waals surface area (Å²) in [5.74, 6) is -0.678. The van der Waals surface area contributed by atoms with E-state index in [1.54, 1.807) is 11.8 Å². The van der Waals surface area contributed by atoms with Gasteiger partial charge in [0.15, 0.2) is 4.77 Å². The van der Waals surface area contributed by atoms with E-state index >= 15 is 0 Å². The SMILES string of the molecule is Cc1ccc(N(Cc2nc(=S)[nH]c(=S)[nH]2)C(C)C(=O)[O-])cc1.[K+]. The molecular weight excluding hydrogens is 359 g/mol. The van der Waals surface area contributed by atoms with E-state index in [-0.39, 0.29) is 62.7 Å². The molecule has 0 amide bonds. The number of rotatable bonds is 5. The summed E-state index contributed by atoms with van der Waals surface area (Å²) in [5.41, 5.74) is 1.84. The monoisotopic (exact) mass is 374 g/mol. The van der Waals surface area contributed by atoms with Gasteiger partial charge >= 0.3 is 51.4 Å². The Hall–Kier alpha value is -0.424. The van der Waals surface area contributed by atoms with Crippen molar-refractivity contribution in [3.63, 3.8) is 0 Å². The number of hydrogen-bond donors (Lipinski definition) is 2. The molecule has 2 rings (SSSR count). The Kier molecular flexibility index (Phi) is 8.21. The summed E-state index contributed by atoms with van der Waals surface area (Å²) in [4.78, 5) is 22.7. The van der Waals surface area contributed by atoms with Gasteiger partial charge in [-0.1, -0.05) is 17.7 Å². The molecule has 0 aliphatic rings. The Labute approximate surface area is 186 Å². The van der Waals surface area contributed by atoms with Crippen molar-refractivity contribution in [2.75, 3.05) is 4.90 Å². The van der Waals surface area contributed by atoms with Gasteiger partial charge in [-0.15, -0.1) is 0 Å². The molecule has 0 saturated heterocycles. The molecule has 0 saturated carbocycles. The summed E-state index contributed by atoms with van der Waals surface area (Å²) < 4.78 is 0.601. The maximum atomic E-state index is 11.3. The van der Waals surface area contributed by atoms with E-state index in [0.717, 1.165) is 11.3 Å². The third-order valence-electron chi connectivity index (χ3n) is 3.21. The van der Waals surface area contributed by atoms with Crippen LogP contribution >= 0.6 is 24.4 Å². The van der Waals surface area contributed by atoms with Gasteiger partial charge in [0.1, 0.15) is 5.82 Å². The second-order valence-corrected chi connectivity index (χ2v) is 5.70. The molecule has 0 spiro atoms. The molecule has 1 aromatic heterocycles. The van der Waals surface area contributed by atoms with Gasteiger partial charge in [0.2, 0.25) is 4.77 Å². The molecule has 0 aliphatic heterocycles. The van der Waals surface area contributed by atoms with Crippen LogP contribution in [0.5, 0.6) is 0 Å². The van der Waals surface area contributed by atoms with Crippen LogP contribution in [0.2, 0.25) is 0 Å². The van der Waals surface area contributed by atoms with Crippen LogP contribution in [-0.4, -0.2) is 27.0 Å². The fraction of sp³-hybridized carbons (Fsp3) is 0.286. The first-order valence-electron chi connectivity index (χ1n) is 6.60. The molecule has 1 heterocycles. The van der Waals surface area contributed by atoms with E-state index in [1.807, 2.05) is 31.2 Å². The van der Waals surface area contributed by atoms with Crippen molar-refractivity contribution in [3.05, 3.63) is 45.2 Å². The third-order valence-corrected chi connectivity index (χ3v) is 3.61. The summed E-state index contributed by atoms with van der Waals surface area (Å²) in [5, 5.41) is 11.3. The number of carboxylic acids is 1. The first-order chi connectivity index (χ1) is 10.4. The molecule has 2 N–H and O–H groups in total. The number of carbonyl (C=O) groups excluding carboxylic acids is 1. The van der Waals surface area contributed by atoms with Crippen molar-refractivity contribution in [2.45, 2.75) is 26.4 Å².